The summed E-state index contributed by atoms with van der Waals surface area (Å²) in [7, 11) is -4.27. The molecule has 0 saturated carbocycles. The van der Waals surface area contributed by atoms with E-state index >= 15 is 0 Å². The number of guanidine groups is 1. The largest absolute Gasteiger partial charge is 0.478 e. The number of sulfonamides is 1. The van der Waals surface area contributed by atoms with Gasteiger partial charge in [-0.25, -0.2) is 13.2 Å². The van der Waals surface area contributed by atoms with E-state index in [9.17, 15) is 27.9 Å². The Morgan fingerprint density at radius 1 is 1.02 bits per heavy atom. The fraction of sp³-hybridized carbons (Fsp3) is 0.429. The molecule has 2 amide bonds. The van der Waals surface area contributed by atoms with Gasteiger partial charge in [-0.3, -0.25) is 15.0 Å². The van der Waals surface area contributed by atoms with E-state index in [2.05, 4.69) is 10.0 Å². The van der Waals surface area contributed by atoms with Crippen LogP contribution < -0.4 is 15.8 Å². The molecule has 2 heterocycles. The van der Waals surface area contributed by atoms with Crippen molar-refractivity contribution in [1.82, 2.24) is 19.8 Å². The summed E-state index contributed by atoms with van der Waals surface area (Å²) in [5.41, 5.74) is 6.09. The molecule has 0 bridgehead atoms. The van der Waals surface area contributed by atoms with Crippen molar-refractivity contribution < 1.29 is 27.9 Å². The van der Waals surface area contributed by atoms with Crippen LogP contribution in [0.1, 0.15) is 41.6 Å². The molecule has 6 N–H and O–H groups in total. The predicted molar refractivity (Wildman–Crippen MR) is 152 cm³/mol. The Hall–Kier alpha value is -3.97. The maximum atomic E-state index is 13.8. The van der Waals surface area contributed by atoms with E-state index in [1.165, 1.54) is 23.1 Å². The number of rotatable bonds is 10. The van der Waals surface area contributed by atoms with Crippen LogP contribution in [-0.2, 0) is 26.0 Å². The highest BCUT2D eigenvalue weighted by molar-refractivity contribution is 7.89. The summed E-state index contributed by atoms with van der Waals surface area (Å²) in [5.74, 6) is -1.78. The molecule has 41 heavy (non-hydrogen) atoms. The Morgan fingerprint density at radius 3 is 2.39 bits per heavy atom. The molecular formula is C28H36N6O6S. The van der Waals surface area contributed by atoms with Gasteiger partial charge in [0.2, 0.25) is 21.8 Å². The number of carbonyl (C=O) groups excluding carboxylic acids is 2. The maximum Gasteiger partial charge on any atom is 0.335 e. The summed E-state index contributed by atoms with van der Waals surface area (Å²) in [6.07, 6.45) is 2.70. The van der Waals surface area contributed by atoms with Crippen molar-refractivity contribution in [2.45, 2.75) is 49.1 Å². The molecule has 0 radical (unpaired) electrons. The van der Waals surface area contributed by atoms with Crippen LogP contribution in [-0.4, -0.2) is 85.3 Å². The minimum absolute atomic E-state index is 0.0443. The summed E-state index contributed by atoms with van der Waals surface area (Å²) < 4.78 is 29.1. The normalized spacial score (nSPS) is 18.6. The average Bonchev–Trinajstić information content (AvgIpc) is 3.46. The highest BCUT2D eigenvalue weighted by Crippen LogP contribution is 2.22. The first kappa shape index (κ1) is 30.0. The Balaban J connectivity index is 1.48. The van der Waals surface area contributed by atoms with Gasteiger partial charge in [0, 0.05) is 26.2 Å². The molecule has 2 aliphatic heterocycles. The predicted octanol–water partition coefficient (Wildman–Crippen LogP) is 0.987. The third kappa shape index (κ3) is 7.61. The van der Waals surface area contributed by atoms with Gasteiger partial charge in [-0.2, -0.15) is 4.72 Å². The number of nitrogens with zero attached hydrogens (tertiary/aromatic N) is 2. The monoisotopic (exact) mass is 584 g/mol. The van der Waals surface area contributed by atoms with Crippen LogP contribution in [0.2, 0.25) is 0 Å². The fourth-order valence-electron chi connectivity index (χ4n) is 5.32. The first-order valence-electron chi connectivity index (χ1n) is 13.6. The molecule has 2 atom stereocenters. The molecule has 2 aliphatic rings. The third-order valence-corrected chi connectivity index (χ3v) is 9.10. The number of hydrogen-bond acceptors (Lipinski definition) is 6. The summed E-state index contributed by atoms with van der Waals surface area (Å²) in [5, 5.41) is 19.8. The lowest BCUT2D eigenvalue weighted by Gasteiger charge is -2.33. The van der Waals surface area contributed by atoms with Crippen molar-refractivity contribution in [3.8, 4) is 0 Å². The van der Waals surface area contributed by atoms with Gasteiger partial charge >= 0.3 is 5.97 Å². The van der Waals surface area contributed by atoms with E-state index in [1.807, 2.05) is 6.07 Å². The summed E-state index contributed by atoms with van der Waals surface area (Å²) in [4.78, 5) is 41.4. The van der Waals surface area contributed by atoms with Crippen LogP contribution in [0.15, 0.2) is 59.5 Å². The summed E-state index contributed by atoms with van der Waals surface area (Å²) >= 11 is 0. The van der Waals surface area contributed by atoms with E-state index in [0.717, 1.165) is 24.5 Å². The number of carbonyl (C=O) groups is 3. The van der Waals surface area contributed by atoms with Crippen LogP contribution in [0.4, 0.5) is 0 Å². The number of aromatic carboxylic acids is 1. The Morgan fingerprint density at radius 2 is 1.73 bits per heavy atom. The molecule has 0 aromatic heterocycles. The number of nitrogens with two attached hydrogens (primary N) is 1. The molecule has 2 aromatic rings. The number of likely N-dealkylation sites (tertiary alicyclic amines) is 2. The number of carboxylic acid groups (broad SMARTS) is 1. The molecule has 2 aromatic carbocycles. The van der Waals surface area contributed by atoms with Crippen molar-refractivity contribution >= 4 is 33.8 Å². The number of nitrogens with one attached hydrogen (secondary N) is 3. The Kier molecular flexibility index (Phi) is 9.61. The van der Waals surface area contributed by atoms with Gasteiger partial charge in [0.15, 0.2) is 5.96 Å². The average molecular weight is 585 g/mol. The third-order valence-electron chi connectivity index (χ3n) is 7.63. The molecule has 2 saturated heterocycles. The second kappa shape index (κ2) is 13.1. The van der Waals surface area contributed by atoms with Crippen LogP contribution in [0, 0.1) is 11.3 Å². The van der Waals surface area contributed by atoms with E-state index < -0.39 is 34.0 Å². The SMILES string of the molecule is N=C(N)N1CCC(CNC(=O)[C@@H]2CCCN2C(=O)[C@@H](Cc2ccccc2)NS(=O)(=O)c2cccc(C(=O)O)c2)CC1. The van der Waals surface area contributed by atoms with Crippen molar-refractivity contribution in [1.29, 1.82) is 5.41 Å². The van der Waals surface area contributed by atoms with Gasteiger partial charge in [0.05, 0.1) is 10.5 Å². The van der Waals surface area contributed by atoms with Crippen molar-refractivity contribution in [3.05, 3.63) is 65.7 Å². The first-order valence-corrected chi connectivity index (χ1v) is 15.1. The Labute approximate surface area is 239 Å². The standard InChI is InChI=1S/C28H36N6O6S/c29-28(30)33-14-11-20(12-15-33)18-31-25(35)24-10-5-13-34(24)26(36)23(16-19-6-2-1-3-7-19)32-41(39,40)22-9-4-8-21(17-22)27(37)38/h1-4,6-9,17,20,23-24,32H,5,10-16,18H2,(H3,29,30)(H,31,35)(H,37,38)/t23-,24+/m1/s1. The van der Waals surface area contributed by atoms with E-state index in [0.29, 0.717) is 39.0 Å². The minimum atomic E-state index is -4.27. The lowest BCUT2D eigenvalue weighted by atomic mass is 9.97. The molecule has 220 valence electrons. The quantitative estimate of drug-likeness (QED) is 0.202. The maximum absolute atomic E-state index is 13.8. The van der Waals surface area contributed by atoms with Gasteiger partial charge in [-0.1, -0.05) is 36.4 Å². The molecule has 0 unspecified atom stereocenters. The van der Waals surface area contributed by atoms with Gasteiger partial charge in [-0.15, -0.1) is 0 Å². The number of piperidine rings is 1. The zero-order valence-electron chi connectivity index (χ0n) is 22.7. The van der Waals surface area contributed by atoms with Gasteiger partial charge in [-0.05, 0) is 61.8 Å². The molecule has 2 fully saturated rings. The zero-order chi connectivity index (χ0) is 29.6. The number of amides is 2. The molecule has 12 nitrogen and oxygen atoms in total. The van der Waals surface area contributed by atoms with Crippen molar-refractivity contribution in [3.63, 3.8) is 0 Å². The van der Waals surface area contributed by atoms with E-state index in [-0.39, 0.29) is 34.7 Å². The van der Waals surface area contributed by atoms with Crippen LogP contribution in [0.5, 0.6) is 0 Å². The minimum Gasteiger partial charge on any atom is -0.478 e. The zero-order valence-corrected chi connectivity index (χ0v) is 23.5. The number of carboxylic acids is 1. The molecular weight excluding hydrogens is 548 g/mol. The lowest BCUT2D eigenvalue weighted by molar-refractivity contribution is -0.139. The van der Waals surface area contributed by atoms with Crippen molar-refractivity contribution in [2.24, 2.45) is 11.7 Å². The smallest absolute Gasteiger partial charge is 0.335 e. The number of benzene rings is 2. The van der Waals surface area contributed by atoms with Gasteiger partial charge in [0.1, 0.15) is 12.1 Å². The van der Waals surface area contributed by atoms with Crippen LogP contribution in [0.3, 0.4) is 0 Å². The summed E-state index contributed by atoms with van der Waals surface area (Å²) in [6, 6.07) is 11.9. The van der Waals surface area contributed by atoms with E-state index in [1.54, 1.807) is 29.2 Å². The second-order valence-corrected chi connectivity index (χ2v) is 12.2. The summed E-state index contributed by atoms with van der Waals surface area (Å²) in [6.45, 7) is 2.07. The van der Waals surface area contributed by atoms with E-state index in [4.69, 9.17) is 11.1 Å². The highest BCUT2D eigenvalue weighted by Gasteiger charge is 2.39. The first-order chi connectivity index (χ1) is 19.5. The molecule has 0 spiro atoms. The number of hydrogen-bond donors (Lipinski definition) is 5. The van der Waals surface area contributed by atoms with Gasteiger partial charge in [0.25, 0.3) is 0 Å². The second-order valence-electron chi connectivity index (χ2n) is 10.4. The topological polar surface area (TPSA) is 186 Å². The highest BCUT2D eigenvalue weighted by atomic mass is 32.2. The fourth-order valence-corrected chi connectivity index (χ4v) is 6.56. The lowest BCUT2D eigenvalue weighted by Crippen LogP contribution is -2.54. The van der Waals surface area contributed by atoms with Gasteiger partial charge < -0.3 is 26.0 Å². The molecule has 4 rings (SSSR count). The molecule has 13 heteroatoms. The Bertz CT molecular complexity index is 1380. The van der Waals surface area contributed by atoms with Crippen molar-refractivity contribution in [2.75, 3.05) is 26.2 Å². The van der Waals surface area contributed by atoms with Crippen LogP contribution >= 0.6 is 0 Å². The molecule has 0 aliphatic carbocycles. The van der Waals surface area contributed by atoms with Crippen LogP contribution in [0.25, 0.3) is 0 Å².